The zero-order valence-corrected chi connectivity index (χ0v) is 10.2. The maximum atomic E-state index is 13.1. The zero-order chi connectivity index (χ0) is 14.7. The topological polar surface area (TPSA) is 99.1 Å². The van der Waals surface area contributed by atoms with Crippen molar-refractivity contribution in [2.75, 3.05) is 11.1 Å². The van der Waals surface area contributed by atoms with Gasteiger partial charge in [0.1, 0.15) is 17.6 Å². The van der Waals surface area contributed by atoms with E-state index in [0.717, 1.165) is 18.2 Å². The van der Waals surface area contributed by atoms with E-state index in [1.54, 1.807) is 0 Å². The molecule has 2 aromatic carbocycles. The Morgan fingerprint density at radius 3 is 2.75 bits per heavy atom. The van der Waals surface area contributed by atoms with Gasteiger partial charge in [-0.05, 0) is 36.4 Å². The fourth-order valence-electron chi connectivity index (χ4n) is 1.64. The number of halogens is 1. The number of aromatic hydroxyl groups is 1. The van der Waals surface area contributed by atoms with Crippen molar-refractivity contribution in [3.8, 4) is 11.8 Å². The third-order valence-electron chi connectivity index (χ3n) is 2.62. The molecule has 0 fully saturated rings. The van der Waals surface area contributed by atoms with Gasteiger partial charge in [-0.3, -0.25) is 4.79 Å². The summed E-state index contributed by atoms with van der Waals surface area (Å²) >= 11 is 0. The molecule has 0 radical (unpaired) electrons. The third kappa shape index (κ3) is 2.67. The molecule has 5 nitrogen and oxygen atoms in total. The maximum Gasteiger partial charge on any atom is 0.259 e. The van der Waals surface area contributed by atoms with Crippen molar-refractivity contribution in [3.63, 3.8) is 0 Å². The van der Waals surface area contributed by atoms with Crippen LogP contribution >= 0.6 is 0 Å². The van der Waals surface area contributed by atoms with Gasteiger partial charge in [-0.15, -0.1) is 0 Å². The molecule has 0 unspecified atom stereocenters. The van der Waals surface area contributed by atoms with Crippen LogP contribution in [-0.4, -0.2) is 11.0 Å². The highest BCUT2D eigenvalue weighted by Crippen LogP contribution is 2.22. The van der Waals surface area contributed by atoms with Crippen LogP contribution < -0.4 is 11.1 Å². The minimum Gasteiger partial charge on any atom is -0.507 e. The van der Waals surface area contributed by atoms with Gasteiger partial charge in [-0.25, -0.2) is 4.39 Å². The van der Waals surface area contributed by atoms with Crippen LogP contribution in [0.1, 0.15) is 15.9 Å². The summed E-state index contributed by atoms with van der Waals surface area (Å²) in [7, 11) is 0. The predicted octanol–water partition coefficient (Wildman–Crippen LogP) is 2.24. The van der Waals surface area contributed by atoms with E-state index >= 15 is 0 Å². The Labute approximate surface area is 114 Å². The first kappa shape index (κ1) is 13.4. The van der Waals surface area contributed by atoms with E-state index in [2.05, 4.69) is 5.32 Å². The standard InChI is InChI=1S/C14H10FN3O2/c15-9-1-4-13(19)11(6-9)14(20)18-12-3-2-10(17)5-8(12)7-16/h1-6,19H,17H2,(H,18,20). The molecule has 100 valence electrons. The number of nitrogens with one attached hydrogen (secondary N) is 1. The monoisotopic (exact) mass is 271 g/mol. The summed E-state index contributed by atoms with van der Waals surface area (Å²) in [5.74, 6) is -1.72. The van der Waals surface area contributed by atoms with Crippen LogP contribution in [0.5, 0.6) is 5.75 Å². The fourth-order valence-corrected chi connectivity index (χ4v) is 1.64. The predicted molar refractivity (Wildman–Crippen MR) is 71.6 cm³/mol. The second-order valence-electron chi connectivity index (χ2n) is 4.03. The maximum absolute atomic E-state index is 13.1. The van der Waals surface area contributed by atoms with Gasteiger partial charge in [0.15, 0.2) is 0 Å². The van der Waals surface area contributed by atoms with Crippen molar-refractivity contribution in [1.29, 1.82) is 5.26 Å². The number of hydrogen-bond acceptors (Lipinski definition) is 4. The van der Waals surface area contributed by atoms with Crippen molar-refractivity contribution in [3.05, 3.63) is 53.3 Å². The Balaban J connectivity index is 2.33. The molecule has 0 aliphatic rings. The number of nitrogens with zero attached hydrogens (tertiary/aromatic N) is 1. The first-order valence-corrected chi connectivity index (χ1v) is 5.61. The molecule has 0 spiro atoms. The number of carbonyl (C=O) groups excluding carboxylic acids is 1. The Morgan fingerprint density at radius 2 is 2.05 bits per heavy atom. The van der Waals surface area contributed by atoms with Crippen LogP contribution in [0.2, 0.25) is 0 Å². The lowest BCUT2D eigenvalue weighted by molar-refractivity contribution is 0.102. The molecule has 20 heavy (non-hydrogen) atoms. The number of rotatable bonds is 2. The SMILES string of the molecule is N#Cc1cc(N)ccc1NC(=O)c1cc(F)ccc1O. The Bertz CT molecular complexity index is 723. The van der Waals surface area contributed by atoms with E-state index in [-0.39, 0.29) is 22.6 Å². The second-order valence-corrected chi connectivity index (χ2v) is 4.03. The first-order chi connectivity index (χ1) is 9.51. The van der Waals surface area contributed by atoms with Gasteiger partial charge in [0, 0.05) is 5.69 Å². The largest absolute Gasteiger partial charge is 0.507 e. The molecule has 0 aliphatic carbocycles. The van der Waals surface area contributed by atoms with Gasteiger partial charge in [-0.1, -0.05) is 0 Å². The molecule has 1 amide bonds. The number of nitriles is 1. The van der Waals surface area contributed by atoms with E-state index in [0.29, 0.717) is 5.69 Å². The number of phenolic OH excluding ortho intramolecular Hbond substituents is 1. The molecule has 2 rings (SSSR count). The van der Waals surface area contributed by atoms with E-state index in [4.69, 9.17) is 11.0 Å². The van der Waals surface area contributed by atoms with Crippen molar-refractivity contribution in [2.45, 2.75) is 0 Å². The Morgan fingerprint density at radius 1 is 1.30 bits per heavy atom. The quantitative estimate of drug-likeness (QED) is 0.729. The molecular weight excluding hydrogens is 261 g/mol. The molecule has 0 aromatic heterocycles. The minimum atomic E-state index is -0.719. The summed E-state index contributed by atoms with van der Waals surface area (Å²) in [6.45, 7) is 0. The molecule has 4 N–H and O–H groups in total. The second kappa shape index (κ2) is 5.28. The smallest absolute Gasteiger partial charge is 0.259 e. The molecule has 0 bridgehead atoms. The lowest BCUT2D eigenvalue weighted by atomic mass is 10.1. The van der Waals surface area contributed by atoms with Gasteiger partial charge < -0.3 is 16.2 Å². The number of hydrogen-bond donors (Lipinski definition) is 3. The van der Waals surface area contributed by atoms with E-state index in [1.807, 2.05) is 6.07 Å². The fraction of sp³-hybridized carbons (Fsp3) is 0. The molecule has 0 aliphatic heterocycles. The number of benzene rings is 2. The van der Waals surface area contributed by atoms with Gasteiger partial charge in [0.05, 0.1) is 16.8 Å². The molecule has 0 atom stereocenters. The number of nitrogen functional groups attached to an aromatic ring is 1. The average molecular weight is 271 g/mol. The van der Waals surface area contributed by atoms with Gasteiger partial charge >= 0.3 is 0 Å². The van der Waals surface area contributed by atoms with Crippen molar-refractivity contribution in [2.24, 2.45) is 0 Å². The Hall–Kier alpha value is -3.07. The summed E-state index contributed by atoms with van der Waals surface area (Å²) in [6.07, 6.45) is 0. The zero-order valence-electron chi connectivity index (χ0n) is 10.2. The van der Waals surface area contributed by atoms with E-state index in [9.17, 15) is 14.3 Å². The van der Waals surface area contributed by atoms with Crippen LogP contribution in [0, 0.1) is 17.1 Å². The Kier molecular flexibility index (Phi) is 3.53. The van der Waals surface area contributed by atoms with Crippen LogP contribution in [0.3, 0.4) is 0 Å². The van der Waals surface area contributed by atoms with Crippen molar-refractivity contribution in [1.82, 2.24) is 0 Å². The highest BCUT2D eigenvalue weighted by Gasteiger charge is 2.14. The minimum absolute atomic E-state index is 0.175. The normalized spacial score (nSPS) is 9.80. The van der Waals surface area contributed by atoms with Crippen LogP contribution in [-0.2, 0) is 0 Å². The number of phenols is 1. The van der Waals surface area contributed by atoms with E-state index < -0.39 is 11.7 Å². The van der Waals surface area contributed by atoms with Crippen molar-refractivity contribution < 1.29 is 14.3 Å². The van der Waals surface area contributed by atoms with Crippen LogP contribution in [0.4, 0.5) is 15.8 Å². The summed E-state index contributed by atoms with van der Waals surface area (Å²) in [5.41, 5.74) is 6.11. The van der Waals surface area contributed by atoms with Gasteiger partial charge in [-0.2, -0.15) is 5.26 Å². The molecule has 0 saturated heterocycles. The van der Waals surface area contributed by atoms with E-state index in [1.165, 1.54) is 18.2 Å². The lowest BCUT2D eigenvalue weighted by Gasteiger charge is -2.09. The molecule has 6 heteroatoms. The average Bonchev–Trinajstić information content (AvgIpc) is 2.43. The highest BCUT2D eigenvalue weighted by molar-refractivity contribution is 6.06. The highest BCUT2D eigenvalue weighted by atomic mass is 19.1. The number of anilines is 2. The summed E-state index contributed by atoms with van der Waals surface area (Å²) in [6, 6.07) is 9.30. The molecule has 2 aromatic rings. The first-order valence-electron chi connectivity index (χ1n) is 5.61. The number of nitrogens with two attached hydrogens (primary N) is 1. The van der Waals surface area contributed by atoms with Gasteiger partial charge in [0.2, 0.25) is 0 Å². The third-order valence-corrected chi connectivity index (χ3v) is 2.62. The lowest BCUT2D eigenvalue weighted by Crippen LogP contribution is -2.13. The summed E-state index contributed by atoms with van der Waals surface area (Å²) < 4.78 is 13.1. The number of carbonyl (C=O) groups is 1. The summed E-state index contributed by atoms with van der Waals surface area (Å²) in [5, 5.41) is 20.9. The van der Waals surface area contributed by atoms with Gasteiger partial charge in [0.25, 0.3) is 5.91 Å². The van der Waals surface area contributed by atoms with Crippen LogP contribution in [0.15, 0.2) is 36.4 Å². The molecule has 0 saturated carbocycles. The van der Waals surface area contributed by atoms with Crippen LogP contribution in [0.25, 0.3) is 0 Å². The molecular formula is C14H10FN3O2. The molecule has 0 heterocycles. The summed E-state index contributed by atoms with van der Waals surface area (Å²) in [4.78, 5) is 12.0. The number of amides is 1. The van der Waals surface area contributed by atoms with Crippen molar-refractivity contribution >= 4 is 17.3 Å².